The molecule has 1 aromatic carbocycles. The number of hydrogen-bond donors (Lipinski definition) is 1. The number of hydrogen-bond acceptors (Lipinski definition) is 4. The highest BCUT2D eigenvalue weighted by Crippen LogP contribution is 2.37. The van der Waals surface area contributed by atoms with Crippen molar-refractivity contribution in [2.45, 2.75) is 6.18 Å². The van der Waals surface area contributed by atoms with Gasteiger partial charge in [0.15, 0.2) is 0 Å². The average Bonchev–Trinajstić information content (AvgIpc) is 2.92. The van der Waals surface area contributed by atoms with Gasteiger partial charge in [-0.25, -0.2) is 0 Å². The Bertz CT molecular complexity index is 550. The highest BCUT2D eigenvalue weighted by atomic mass is 19.4. The molecule has 2 rings (SSSR count). The molecule has 0 saturated carbocycles. The summed E-state index contributed by atoms with van der Waals surface area (Å²) in [6.07, 6.45) is -4.51. The van der Waals surface area contributed by atoms with Crippen molar-refractivity contribution in [2.24, 2.45) is 11.8 Å². The van der Waals surface area contributed by atoms with E-state index >= 15 is 0 Å². The van der Waals surface area contributed by atoms with Gasteiger partial charge in [-0.15, -0.1) is 0 Å². The van der Waals surface area contributed by atoms with E-state index in [-0.39, 0.29) is 26.2 Å². The minimum absolute atomic E-state index is 0.124. The second-order valence-corrected chi connectivity index (χ2v) is 5.38. The Hall–Kier alpha value is -1.96. The zero-order chi connectivity index (χ0) is 17.0. The van der Waals surface area contributed by atoms with Crippen molar-refractivity contribution >= 4 is 5.97 Å². The van der Waals surface area contributed by atoms with Gasteiger partial charge in [-0.2, -0.15) is 13.2 Å². The fourth-order valence-corrected chi connectivity index (χ4v) is 2.63. The summed E-state index contributed by atoms with van der Waals surface area (Å²) in [5, 5.41) is 8.95. The first-order chi connectivity index (χ1) is 10.8. The lowest BCUT2D eigenvalue weighted by molar-refractivity contribution is -0.188. The van der Waals surface area contributed by atoms with Gasteiger partial charge in [0.05, 0.1) is 18.9 Å². The van der Waals surface area contributed by atoms with Gasteiger partial charge in [0.2, 0.25) is 0 Å². The van der Waals surface area contributed by atoms with E-state index in [0.717, 1.165) is 0 Å². The van der Waals surface area contributed by atoms with Gasteiger partial charge in [0.1, 0.15) is 18.1 Å². The van der Waals surface area contributed by atoms with E-state index in [1.165, 1.54) is 12.0 Å². The third kappa shape index (κ3) is 4.51. The minimum atomic E-state index is -4.51. The normalized spacial score (nSPS) is 22.1. The number of alkyl halides is 3. The third-order valence-electron chi connectivity index (χ3n) is 3.85. The molecule has 8 heteroatoms. The van der Waals surface area contributed by atoms with Gasteiger partial charge in [-0.05, 0) is 12.1 Å². The van der Waals surface area contributed by atoms with Crippen molar-refractivity contribution in [3.63, 3.8) is 0 Å². The predicted molar refractivity (Wildman–Crippen MR) is 75.6 cm³/mol. The van der Waals surface area contributed by atoms with Crippen molar-refractivity contribution in [1.29, 1.82) is 0 Å². The first-order valence-electron chi connectivity index (χ1n) is 7.10. The van der Waals surface area contributed by atoms with Gasteiger partial charge < -0.3 is 14.6 Å². The number of halogens is 3. The molecule has 0 aromatic heterocycles. The molecule has 1 N–H and O–H groups in total. The van der Waals surface area contributed by atoms with Crippen LogP contribution in [0.1, 0.15) is 0 Å². The van der Waals surface area contributed by atoms with Crippen molar-refractivity contribution in [3.8, 4) is 11.5 Å². The summed E-state index contributed by atoms with van der Waals surface area (Å²) in [6, 6.07) is 6.87. The Morgan fingerprint density at radius 1 is 1.35 bits per heavy atom. The second-order valence-electron chi connectivity index (χ2n) is 5.38. The zero-order valence-electron chi connectivity index (χ0n) is 12.5. The highest BCUT2D eigenvalue weighted by Gasteiger charge is 2.52. The molecule has 23 heavy (non-hydrogen) atoms. The molecular formula is C15H18F3NO4. The fraction of sp³-hybridized carbons (Fsp3) is 0.533. The van der Waals surface area contributed by atoms with Crippen LogP contribution in [0.15, 0.2) is 24.3 Å². The molecule has 0 radical (unpaired) electrons. The standard InChI is InChI=1S/C15H18F3NO4/c1-22-10-3-2-4-11(7-10)23-6-5-19-8-12(14(20)21)13(9-19)15(16,17)18/h2-4,7,12-13H,5-6,8-9H2,1H3,(H,20,21)/t12-,13-/m1/s1. The number of aliphatic carboxylic acids is 1. The SMILES string of the molecule is COc1cccc(OCCN2C[C@@H](C(F)(F)F)[C@H](C(=O)O)C2)c1. The second kappa shape index (κ2) is 7.08. The zero-order valence-corrected chi connectivity index (χ0v) is 12.5. The monoisotopic (exact) mass is 333 g/mol. The van der Waals surface area contributed by atoms with E-state index in [1.54, 1.807) is 24.3 Å². The van der Waals surface area contributed by atoms with E-state index in [2.05, 4.69) is 0 Å². The Labute approximate surface area is 131 Å². The molecule has 0 spiro atoms. The van der Waals surface area contributed by atoms with Crippen LogP contribution in [-0.4, -0.2) is 55.5 Å². The molecule has 1 aliphatic rings. The maximum atomic E-state index is 12.9. The lowest BCUT2D eigenvalue weighted by Gasteiger charge is -2.18. The largest absolute Gasteiger partial charge is 0.497 e. The summed E-state index contributed by atoms with van der Waals surface area (Å²) < 4.78 is 49.2. The molecule has 0 unspecified atom stereocenters. The molecule has 0 aliphatic carbocycles. The van der Waals surface area contributed by atoms with Gasteiger partial charge >= 0.3 is 12.1 Å². The fourth-order valence-electron chi connectivity index (χ4n) is 2.63. The Balaban J connectivity index is 1.88. The first-order valence-corrected chi connectivity index (χ1v) is 7.10. The number of carbonyl (C=O) groups is 1. The molecule has 128 valence electrons. The highest BCUT2D eigenvalue weighted by molar-refractivity contribution is 5.71. The number of rotatable bonds is 6. The maximum absolute atomic E-state index is 12.9. The molecule has 2 atom stereocenters. The summed E-state index contributed by atoms with van der Waals surface area (Å²) in [5.74, 6) is -3.51. The molecule has 1 heterocycles. The number of carboxylic acid groups (broad SMARTS) is 1. The van der Waals surface area contributed by atoms with Crippen molar-refractivity contribution in [2.75, 3.05) is 33.4 Å². The molecule has 1 aromatic rings. The van der Waals surface area contributed by atoms with Crippen molar-refractivity contribution < 1.29 is 32.5 Å². The number of benzene rings is 1. The summed E-state index contributed by atoms with van der Waals surface area (Å²) in [7, 11) is 1.52. The summed E-state index contributed by atoms with van der Waals surface area (Å²) >= 11 is 0. The number of carboxylic acids is 1. The van der Waals surface area contributed by atoms with E-state index < -0.39 is 24.0 Å². The van der Waals surface area contributed by atoms with Crippen LogP contribution in [0.3, 0.4) is 0 Å². The minimum Gasteiger partial charge on any atom is -0.497 e. The Morgan fingerprint density at radius 2 is 2.04 bits per heavy atom. The van der Waals surface area contributed by atoms with Crippen molar-refractivity contribution in [3.05, 3.63) is 24.3 Å². The summed E-state index contributed by atoms with van der Waals surface area (Å²) in [4.78, 5) is 12.5. The lowest BCUT2D eigenvalue weighted by atomic mass is 9.96. The summed E-state index contributed by atoms with van der Waals surface area (Å²) in [5.41, 5.74) is 0. The molecule has 0 bridgehead atoms. The van der Waals surface area contributed by atoms with E-state index in [9.17, 15) is 18.0 Å². The number of ether oxygens (including phenoxy) is 2. The molecular weight excluding hydrogens is 315 g/mol. The Morgan fingerprint density at radius 3 is 2.61 bits per heavy atom. The van der Waals surface area contributed by atoms with Gasteiger partial charge in [-0.3, -0.25) is 9.69 Å². The maximum Gasteiger partial charge on any atom is 0.393 e. The lowest BCUT2D eigenvalue weighted by Crippen LogP contribution is -2.33. The Kier molecular flexibility index (Phi) is 5.35. The molecule has 1 fully saturated rings. The smallest absolute Gasteiger partial charge is 0.393 e. The van der Waals surface area contributed by atoms with Gasteiger partial charge in [0, 0.05) is 25.7 Å². The quantitative estimate of drug-likeness (QED) is 0.865. The number of nitrogens with zero attached hydrogens (tertiary/aromatic N) is 1. The first kappa shape index (κ1) is 17.4. The van der Waals surface area contributed by atoms with Crippen LogP contribution in [0.4, 0.5) is 13.2 Å². The van der Waals surface area contributed by atoms with Crippen LogP contribution >= 0.6 is 0 Å². The predicted octanol–water partition coefficient (Wildman–Crippen LogP) is 2.27. The van der Waals surface area contributed by atoms with Crippen LogP contribution in [0, 0.1) is 11.8 Å². The molecule has 0 amide bonds. The van der Waals surface area contributed by atoms with Crippen LogP contribution in [0.5, 0.6) is 11.5 Å². The number of likely N-dealkylation sites (tertiary alicyclic amines) is 1. The molecule has 1 aliphatic heterocycles. The van der Waals surface area contributed by atoms with Crippen LogP contribution in [0.25, 0.3) is 0 Å². The third-order valence-corrected chi connectivity index (χ3v) is 3.85. The van der Waals surface area contributed by atoms with E-state index in [1.807, 2.05) is 0 Å². The number of methoxy groups -OCH3 is 1. The van der Waals surface area contributed by atoms with Gasteiger partial charge in [-0.1, -0.05) is 6.07 Å². The van der Waals surface area contributed by atoms with E-state index in [4.69, 9.17) is 14.6 Å². The van der Waals surface area contributed by atoms with Crippen LogP contribution in [-0.2, 0) is 4.79 Å². The van der Waals surface area contributed by atoms with Gasteiger partial charge in [0.25, 0.3) is 0 Å². The van der Waals surface area contributed by atoms with Crippen LogP contribution < -0.4 is 9.47 Å². The molecule has 5 nitrogen and oxygen atoms in total. The summed E-state index contributed by atoms with van der Waals surface area (Å²) in [6.45, 7) is -0.0411. The molecule has 1 saturated heterocycles. The topological polar surface area (TPSA) is 59.0 Å². The van der Waals surface area contributed by atoms with E-state index in [0.29, 0.717) is 11.5 Å². The average molecular weight is 333 g/mol. The van der Waals surface area contributed by atoms with Crippen molar-refractivity contribution in [1.82, 2.24) is 4.90 Å². The van der Waals surface area contributed by atoms with Crippen LogP contribution in [0.2, 0.25) is 0 Å².